The van der Waals surface area contributed by atoms with Crippen molar-refractivity contribution >= 4 is 0 Å². The van der Waals surface area contributed by atoms with Crippen molar-refractivity contribution in [3.05, 3.63) is 31.2 Å². The highest BCUT2D eigenvalue weighted by atomic mass is 13.9. The molecule has 0 bridgehead atoms. The van der Waals surface area contributed by atoms with E-state index in [1.165, 1.54) is 57.8 Å². The average Bonchev–Trinajstić information content (AvgIpc) is 2.31. The molecular weight excluding hydrogens is 192 g/mol. The third-order valence-corrected chi connectivity index (χ3v) is 2.76. The van der Waals surface area contributed by atoms with Crippen molar-refractivity contribution in [3.8, 4) is 0 Å². The summed E-state index contributed by atoms with van der Waals surface area (Å²) >= 11 is 0. The van der Waals surface area contributed by atoms with Crippen molar-refractivity contribution in [1.29, 1.82) is 0 Å². The molecule has 0 amide bonds. The van der Waals surface area contributed by atoms with E-state index in [9.17, 15) is 0 Å². The van der Waals surface area contributed by atoms with Crippen LogP contribution in [0.15, 0.2) is 24.3 Å². The van der Waals surface area contributed by atoms with E-state index in [1.807, 2.05) is 0 Å². The molecule has 0 saturated carbocycles. The predicted octanol–water partition coefficient (Wildman–Crippen LogP) is 5.85. The van der Waals surface area contributed by atoms with Crippen molar-refractivity contribution in [3.63, 3.8) is 0 Å². The summed E-state index contributed by atoms with van der Waals surface area (Å²) in [6.45, 7) is 5.95. The molecule has 0 unspecified atom stereocenters. The largest absolute Gasteiger partial charge is 0.0917 e. The van der Waals surface area contributed by atoms with E-state index in [-0.39, 0.29) is 0 Å². The number of hydrogen-bond acceptors (Lipinski definition) is 0. The van der Waals surface area contributed by atoms with E-state index in [4.69, 9.17) is 0 Å². The van der Waals surface area contributed by atoms with Gasteiger partial charge in [0.2, 0.25) is 0 Å². The van der Waals surface area contributed by atoms with E-state index in [1.54, 1.807) is 0 Å². The molecule has 0 aromatic carbocycles. The standard InChI is InChI=1S/C16H29/c1-3-5-7-9-11-13-15-16-14-12-10-8-6-4-2/h4,6,14,16H,1,3,5,7-13,15H2,2H3. The maximum absolute atomic E-state index is 3.86. The zero-order chi connectivity index (χ0) is 11.9. The van der Waals surface area contributed by atoms with E-state index in [0.29, 0.717) is 0 Å². The van der Waals surface area contributed by atoms with Crippen LogP contribution in [-0.2, 0) is 0 Å². The smallest absolute Gasteiger partial charge is 0.0348 e. The molecule has 93 valence electrons. The molecule has 0 nitrogen and oxygen atoms in total. The summed E-state index contributed by atoms with van der Waals surface area (Å²) < 4.78 is 0. The van der Waals surface area contributed by atoms with E-state index in [2.05, 4.69) is 38.2 Å². The Morgan fingerprint density at radius 2 is 1.25 bits per heavy atom. The first-order chi connectivity index (χ1) is 7.91. The van der Waals surface area contributed by atoms with Gasteiger partial charge in [0.1, 0.15) is 0 Å². The second kappa shape index (κ2) is 14.5. The van der Waals surface area contributed by atoms with Crippen LogP contribution in [0.3, 0.4) is 0 Å². The lowest BCUT2D eigenvalue weighted by Gasteiger charge is -1.97. The highest BCUT2D eigenvalue weighted by Gasteiger charge is 1.88. The highest BCUT2D eigenvalue weighted by Crippen LogP contribution is 2.07. The maximum atomic E-state index is 3.86. The first kappa shape index (κ1) is 15.5. The van der Waals surface area contributed by atoms with Crippen molar-refractivity contribution < 1.29 is 0 Å². The van der Waals surface area contributed by atoms with Gasteiger partial charge in [0, 0.05) is 0 Å². The predicted molar refractivity (Wildman–Crippen MR) is 75.5 cm³/mol. The fourth-order valence-corrected chi connectivity index (χ4v) is 1.73. The minimum absolute atomic E-state index is 1.10. The Balaban J connectivity index is 3.03. The molecule has 0 saturated heterocycles. The van der Waals surface area contributed by atoms with E-state index < -0.39 is 0 Å². The van der Waals surface area contributed by atoms with Crippen molar-refractivity contribution in [2.24, 2.45) is 0 Å². The molecule has 0 fully saturated rings. The summed E-state index contributed by atoms with van der Waals surface area (Å²) in [6.07, 6.45) is 22.1. The Kier molecular flexibility index (Phi) is 14.0. The normalized spacial score (nSPS) is 11.9. The number of unbranched alkanes of at least 4 members (excludes halogenated alkanes) is 8. The summed E-state index contributed by atoms with van der Waals surface area (Å²) in [7, 11) is 0. The molecule has 0 aromatic rings. The van der Waals surface area contributed by atoms with Crippen molar-refractivity contribution in [1.82, 2.24) is 0 Å². The number of allylic oxidation sites excluding steroid dienone is 4. The van der Waals surface area contributed by atoms with Crippen LogP contribution in [0.25, 0.3) is 0 Å². The molecule has 0 aliphatic carbocycles. The van der Waals surface area contributed by atoms with Gasteiger partial charge in [0.15, 0.2) is 0 Å². The van der Waals surface area contributed by atoms with Gasteiger partial charge in [-0.25, -0.2) is 0 Å². The third-order valence-electron chi connectivity index (χ3n) is 2.76. The van der Waals surface area contributed by atoms with Gasteiger partial charge in [0.25, 0.3) is 0 Å². The Morgan fingerprint density at radius 3 is 1.94 bits per heavy atom. The van der Waals surface area contributed by atoms with Gasteiger partial charge in [-0.1, -0.05) is 63.3 Å². The lowest BCUT2D eigenvalue weighted by Crippen LogP contribution is -1.77. The molecule has 0 heterocycles. The van der Waals surface area contributed by atoms with Crippen LogP contribution in [0.1, 0.15) is 71.1 Å². The lowest BCUT2D eigenvalue weighted by molar-refractivity contribution is 0.621. The van der Waals surface area contributed by atoms with Crippen LogP contribution in [0.4, 0.5) is 0 Å². The first-order valence-electron chi connectivity index (χ1n) is 6.97. The molecule has 1 radical (unpaired) electrons. The minimum atomic E-state index is 1.10. The Bertz CT molecular complexity index is 165. The minimum Gasteiger partial charge on any atom is -0.0917 e. The van der Waals surface area contributed by atoms with Gasteiger partial charge in [-0.2, -0.15) is 0 Å². The van der Waals surface area contributed by atoms with Gasteiger partial charge in [0.05, 0.1) is 0 Å². The second-order valence-electron chi connectivity index (χ2n) is 4.38. The van der Waals surface area contributed by atoms with Gasteiger partial charge >= 0.3 is 0 Å². The molecule has 0 rings (SSSR count). The number of rotatable bonds is 11. The van der Waals surface area contributed by atoms with Crippen LogP contribution >= 0.6 is 0 Å². The maximum Gasteiger partial charge on any atom is -0.0348 e. The van der Waals surface area contributed by atoms with Gasteiger partial charge in [-0.3, -0.25) is 0 Å². The van der Waals surface area contributed by atoms with Crippen molar-refractivity contribution in [2.45, 2.75) is 71.1 Å². The highest BCUT2D eigenvalue weighted by molar-refractivity contribution is 4.83. The molecule has 0 atom stereocenters. The molecule has 0 spiro atoms. The third kappa shape index (κ3) is 13.5. The van der Waals surface area contributed by atoms with Crippen LogP contribution in [0.2, 0.25) is 0 Å². The summed E-state index contributed by atoms with van der Waals surface area (Å²) in [6, 6.07) is 0. The lowest BCUT2D eigenvalue weighted by atomic mass is 10.1. The molecule has 0 heteroatoms. The molecule has 0 aliphatic heterocycles. The summed E-state index contributed by atoms with van der Waals surface area (Å²) in [5, 5.41) is 0. The molecule has 0 aromatic heterocycles. The van der Waals surface area contributed by atoms with Gasteiger partial charge < -0.3 is 0 Å². The van der Waals surface area contributed by atoms with Crippen LogP contribution in [-0.4, -0.2) is 0 Å². The average molecular weight is 221 g/mol. The van der Waals surface area contributed by atoms with Crippen LogP contribution in [0.5, 0.6) is 0 Å². The fourth-order valence-electron chi connectivity index (χ4n) is 1.73. The zero-order valence-electron chi connectivity index (χ0n) is 11.1. The summed E-state index contributed by atoms with van der Waals surface area (Å²) in [5.74, 6) is 0. The van der Waals surface area contributed by atoms with Crippen molar-refractivity contribution in [2.75, 3.05) is 0 Å². The summed E-state index contributed by atoms with van der Waals surface area (Å²) in [5.41, 5.74) is 0. The SMILES string of the molecule is [CH2]CCCCCCCC=CCCCC=CC. The molecule has 0 N–H and O–H groups in total. The fraction of sp³-hybridized carbons (Fsp3) is 0.688. The van der Waals surface area contributed by atoms with Crippen LogP contribution < -0.4 is 0 Å². The summed E-state index contributed by atoms with van der Waals surface area (Å²) in [4.78, 5) is 0. The first-order valence-corrected chi connectivity index (χ1v) is 6.97. The molecular formula is C16H29. The second-order valence-corrected chi connectivity index (χ2v) is 4.38. The quantitative estimate of drug-likeness (QED) is 0.303. The molecule has 0 aliphatic rings. The number of hydrogen-bond donors (Lipinski definition) is 0. The topological polar surface area (TPSA) is 0 Å². The van der Waals surface area contributed by atoms with E-state index >= 15 is 0 Å². The van der Waals surface area contributed by atoms with Gasteiger partial charge in [-0.05, 0) is 39.0 Å². The Labute approximate surface area is 103 Å². The molecule has 16 heavy (non-hydrogen) atoms. The van der Waals surface area contributed by atoms with Gasteiger partial charge in [-0.15, -0.1) is 0 Å². The monoisotopic (exact) mass is 221 g/mol. The Morgan fingerprint density at radius 1 is 0.688 bits per heavy atom. The van der Waals surface area contributed by atoms with Crippen LogP contribution in [0, 0.1) is 6.92 Å². The van der Waals surface area contributed by atoms with E-state index in [0.717, 1.165) is 6.42 Å². The Hall–Kier alpha value is -0.520. The zero-order valence-corrected chi connectivity index (χ0v) is 11.1.